The molecule has 9 nitrogen and oxygen atoms in total. The second-order valence-electron chi connectivity index (χ2n) is 7.76. The van der Waals surface area contributed by atoms with E-state index < -0.39 is 28.3 Å². The summed E-state index contributed by atoms with van der Waals surface area (Å²) in [5, 5.41) is 2.70. The van der Waals surface area contributed by atoms with Gasteiger partial charge in [0.1, 0.15) is 25.6 Å². The van der Waals surface area contributed by atoms with Gasteiger partial charge in [-0.3, -0.25) is 9.10 Å². The van der Waals surface area contributed by atoms with Crippen LogP contribution in [0.5, 0.6) is 23.0 Å². The zero-order chi connectivity index (χ0) is 25.7. The minimum atomic E-state index is -4.27. The molecular formula is C25H25FN2O7S. The van der Waals surface area contributed by atoms with Gasteiger partial charge in [-0.15, -0.1) is 0 Å². The summed E-state index contributed by atoms with van der Waals surface area (Å²) in [5.74, 6) is 0.502. The Labute approximate surface area is 208 Å². The lowest BCUT2D eigenvalue weighted by Gasteiger charge is -2.25. The first-order valence-corrected chi connectivity index (χ1v) is 12.4. The third-order valence-electron chi connectivity index (χ3n) is 5.42. The van der Waals surface area contributed by atoms with Crippen molar-refractivity contribution in [2.45, 2.75) is 11.4 Å². The van der Waals surface area contributed by atoms with E-state index in [0.29, 0.717) is 29.4 Å². The molecule has 1 aliphatic rings. The number of carbonyl (C=O) groups is 1. The Morgan fingerprint density at radius 1 is 0.972 bits per heavy atom. The first-order valence-electron chi connectivity index (χ1n) is 11.0. The number of amides is 1. The molecule has 0 saturated carbocycles. The molecule has 36 heavy (non-hydrogen) atoms. The van der Waals surface area contributed by atoms with Gasteiger partial charge in [-0.05, 0) is 48.0 Å². The van der Waals surface area contributed by atoms with Crippen molar-refractivity contribution in [3.05, 3.63) is 72.0 Å². The predicted molar refractivity (Wildman–Crippen MR) is 130 cm³/mol. The van der Waals surface area contributed by atoms with Crippen LogP contribution < -0.4 is 28.6 Å². The maximum atomic E-state index is 14.0. The molecule has 0 radical (unpaired) electrons. The van der Waals surface area contributed by atoms with Crippen LogP contribution >= 0.6 is 0 Å². The molecule has 0 saturated heterocycles. The Kier molecular flexibility index (Phi) is 7.49. The number of hydrogen-bond donors (Lipinski definition) is 1. The Balaban J connectivity index is 1.58. The van der Waals surface area contributed by atoms with Gasteiger partial charge in [-0.1, -0.05) is 12.1 Å². The van der Waals surface area contributed by atoms with E-state index in [0.717, 1.165) is 10.4 Å². The van der Waals surface area contributed by atoms with E-state index in [1.54, 1.807) is 18.2 Å². The average Bonchev–Trinajstić information content (AvgIpc) is 2.89. The third kappa shape index (κ3) is 5.46. The summed E-state index contributed by atoms with van der Waals surface area (Å²) in [6.07, 6.45) is 0. The summed E-state index contributed by atoms with van der Waals surface area (Å²) in [5.41, 5.74) is 0.721. The smallest absolute Gasteiger partial charge is 0.264 e. The summed E-state index contributed by atoms with van der Waals surface area (Å²) in [6.45, 7) is 0.172. The van der Waals surface area contributed by atoms with Crippen molar-refractivity contribution in [1.82, 2.24) is 5.32 Å². The molecule has 0 atom stereocenters. The lowest BCUT2D eigenvalue weighted by Crippen LogP contribution is -2.40. The van der Waals surface area contributed by atoms with Gasteiger partial charge in [0.15, 0.2) is 23.0 Å². The molecule has 0 aliphatic carbocycles. The number of sulfonamides is 1. The van der Waals surface area contributed by atoms with Gasteiger partial charge in [-0.25, -0.2) is 12.8 Å². The molecule has 1 N–H and O–H groups in total. The van der Waals surface area contributed by atoms with Gasteiger partial charge in [0.25, 0.3) is 10.0 Å². The summed E-state index contributed by atoms with van der Waals surface area (Å²) in [6, 6.07) is 14.4. The van der Waals surface area contributed by atoms with Crippen molar-refractivity contribution in [2.24, 2.45) is 0 Å². The molecule has 1 aliphatic heterocycles. The van der Waals surface area contributed by atoms with Crippen molar-refractivity contribution < 1.29 is 36.6 Å². The Hall–Kier alpha value is -3.99. The van der Waals surface area contributed by atoms with Crippen molar-refractivity contribution >= 4 is 21.6 Å². The number of nitrogens with one attached hydrogen (secondary N) is 1. The van der Waals surface area contributed by atoms with Crippen LogP contribution in [0.3, 0.4) is 0 Å². The second-order valence-corrected chi connectivity index (χ2v) is 9.63. The summed E-state index contributed by atoms with van der Waals surface area (Å²) in [4.78, 5) is 12.7. The number of carbonyl (C=O) groups excluding carboxylic acids is 1. The fraction of sp³-hybridized carbons (Fsp3) is 0.240. The van der Waals surface area contributed by atoms with E-state index in [9.17, 15) is 17.6 Å². The third-order valence-corrected chi connectivity index (χ3v) is 7.19. The standard InChI is InChI=1S/C25H25FN2O7S/c1-32-21-8-6-17(12-23(21)33-2)15-27-25(29)16-28(19-5-3-4-18(26)13-19)36(30,31)20-7-9-22-24(14-20)35-11-10-34-22/h3-9,12-14H,10-11,15-16H2,1-2H3,(H,27,29). The van der Waals surface area contributed by atoms with E-state index in [-0.39, 0.29) is 29.5 Å². The second kappa shape index (κ2) is 10.7. The van der Waals surface area contributed by atoms with E-state index in [2.05, 4.69) is 5.32 Å². The zero-order valence-electron chi connectivity index (χ0n) is 19.7. The number of rotatable bonds is 9. The molecule has 0 unspecified atom stereocenters. The van der Waals surface area contributed by atoms with Crippen LogP contribution in [0, 0.1) is 5.82 Å². The van der Waals surface area contributed by atoms with E-state index in [1.807, 2.05) is 0 Å². The minimum Gasteiger partial charge on any atom is -0.493 e. The van der Waals surface area contributed by atoms with E-state index in [1.165, 1.54) is 50.6 Å². The van der Waals surface area contributed by atoms with Crippen LogP contribution in [0.4, 0.5) is 10.1 Å². The minimum absolute atomic E-state index is 0.00570. The highest BCUT2D eigenvalue weighted by molar-refractivity contribution is 7.92. The maximum absolute atomic E-state index is 14.0. The van der Waals surface area contributed by atoms with Crippen LogP contribution in [-0.4, -0.2) is 48.3 Å². The molecule has 0 bridgehead atoms. The van der Waals surface area contributed by atoms with Gasteiger partial charge < -0.3 is 24.3 Å². The topological polar surface area (TPSA) is 103 Å². The molecule has 190 valence electrons. The van der Waals surface area contributed by atoms with Gasteiger partial charge in [0.2, 0.25) is 5.91 Å². The molecule has 0 aromatic heterocycles. The van der Waals surface area contributed by atoms with Crippen molar-refractivity contribution in [3.63, 3.8) is 0 Å². The van der Waals surface area contributed by atoms with Crippen LogP contribution in [0.25, 0.3) is 0 Å². The molecule has 4 rings (SSSR count). The molecule has 1 heterocycles. The number of methoxy groups -OCH3 is 2. The fourth-order valence-electron chi connectivity index (χ4n) is 3.64. The molecule has 0 fully saturated rings. The largest absolute Gasteiger partial charge is 0.493 e. The van der Waals surface area contributed by atoms with Gasteiger partial charge >= 0.3 is 0 Å². The van der Waals surface area contributed by atoms with Crippen molar-refractivity contribution in [3.8, 4) is 23.0 Å². The summed E-state index contributed by atoms with van der Waals surface area (Å²) in [7, 11) is -1.25. The number of fused-ring (bicyclic) bond motifs is 1. The summed E-state index contributed by atoms with van der Waals surface area (Å²) >= 11 is 0. The van der Waals surface area contributed by atoms with Crippen LogP contribution in [0.15, 0.2) is 65.6 Å². The highest BCUT2D eigenvalue weighted by Crippen LogP contribution is 2.34. The van der Waals surface area contributed by atoms with Gasteiger partial charge in [-0.2, -0.15) is 0 Å². The number of nitrogens with zero attached hydrogens (tertiary/aromatic N) is 1. The van der Waals surface area contributed by atoms with Gasteiger partial charge in [0.05, 0.1) is 24.8 Å². The van der Waals surface area contributed by atoms with Crippen LogP contribution in [0.2, 0.25) is 0 Å². The Bertz CT molecular complexity index is 1360. The molecule has 3 aromatic rings. The van der Waals surface area contributed by atoms with Crippen LogP contribution in [-0.2, 0) is 21.4 Å². The zero-order valence-corrected chi connectivity index (χ0v) is 20.5. The molecule has 11 heteroatoms. The van der Waals surface area contributed by atoms with E-state index in [4.69, 9.17) is 18.9 Å². The van der Waals surface area contributed by atoms with Gasteiger partial charge in [0, 0.05) is 12.6 Å². The molecular weight excluding hydrogens is 491 g/mol. The average molecular weight is 517 g/mol. The number of benzene rings is 3. The lowest BCUT2D eigenvalue weighted by molar-refractivity contribution is -0.119. The lowest BCUT2D eigenvalue weighted by atomic mass is 10.2. The number of hydrogen-bond acceptors (Lipinski definition) is 7. The number of halogens is 1. The first kappa shape index (κ1) is 25.1. The fourth-order valence-corrected chi connectivity index (χ4v) is 5.06. The number of anilines is 1. The van der Waals surface area contributed by atoms with E-state index >= 15 is 0 Å². The molecule has 3 aromatic carbocycles. The van der Waals surface area contributed by atoms with Crippen LogP contribution in [0.1, 0.15) is 5.56 Å². The highest BCUT2D eigenvalue weighted by Gasteiger charge is 2.29. The predicted octanol–water partition coefficient (Wildman–Crippen LogP) is 3.13. The monoisotopic (exact) mass is 516 g/mol. The Morgan fingerprint density at radius 2 is 1.72 bits per heavy atom. The maximum Gasteiger partial charge on any atom is 0.264 e. The van der Waals surface area contributed by atoms with Crippen molar-refractivity contribution in [2.75, 3.05) is 38.3 Å². The summed E-state index contributed by atoms with van der Waals surface area (Å²) < 4.78 is 63.5. The molecule has 0 spiro atoms. The number of ether oxygens (including phenoxy) is 4. The first-order chi connectivity index (χ1) is 17.3. The quantitative estimate of drug-likeness (QED) is 0.466. The Morgan fingerprint density at radius 3 is 2.44 bits per heavy atom. The van der Waals surface area contributed by atoms with Crippen molar-refractivity contribution in [1.29, 1.82) is 0 Å². The highest BCUT2D eigenvalue weighted by atomic mass is 32.2. The SMILES string of the molecule is COc1ccc(CNC(=O)CN(c2cccc(F)c2)S(=O)(=O)c2ccc3c(c2)OCCO3)cc1OC. The normalized spacial score (nSPS) is 12.5. The molecule has 1 amide bonds.